The number of nitrogens with one attached hydrogen (secondary N) is 1. The first-order chi connectivity index (χ1) is 19.0. The molecule has 3 unspecified atom stereocenters. The summed E-state index contributed by atoms with van der Waals surface area (Å²) in [6, 6.07) is 17.4. The molecule has 0 aliphatic carbocycles. The summed E-state index contributed by atoms with van der Waals surface area (Å²) in [5.41, 5.74) is 3.41. The van der Waals surface area contributed by atoms with Crippen LogP contribution in [0.25, 0.3) is 0 Å². The molecule has 7 nitrogen and oxygen atoms in total. The maximum atomic E-state index is 13.5. The van der Waals surface area contributed by atoms with Crippen LogP contribution in [0.1, 0.15) is 48.8 Å². The molecule has 2 aliphatic heterocycles. The molecular formula is C31H38N2O5S. The smallest absolute Gasteiger partial charge is 0.305 e. The molecule has 2 heterocycles. The van der Waals surface area contributed by atoms with Crippen molar-refractivity contribution in [3.05, 3.63) is 83.4 Å². The SMILES string of the molecule is O=C1CCCC=CCC(CC(=O)N2Cc3ccccc3CC2CO)C(=O)NC(CSCc2ccccc2)CO1. The van der Waals surface area contributed by atoms with Gasteiger partial charge in [-0.15, -0.1) is 0 Å². The monoisotopic (exact) mass is 550 g/mol. The van der Waals surface area contributed by atoms with Crippen LogP contribution in [-0.4, -0.2) is 58.8 Å². The fraction of sp³-hybridized carbons (Fsp3) is 0.452. The first-order valence-electron chi connectivity index (χ1n) is 13.7. The number of rotatable bonds is 7. The van der Waals surface area contributed by atoms with E-state index in [1.807, 2.05) is 54.6 Å². The van der Waals surface area contributed by atoms with Gasteiger partial charge in [-0.05, 0) is 42.4 Å². The number of benzene rings is 2. The van der Waals surface area contributed by atoms with E-state index in [0.29, 0.717) is 44.4 Å². The third kappa shape index (κ3) is 8.70. The van der Waals surface area contributed by atoms with Gasteiger partial charge < -0.3 is 20.1 Å². The Labute approximate surface area is 235 Å². The molecule has 2 aromatic carbocycles. The Morgan fingerprint density at radius 1 is 1.05 bits per heavy atom. The standard InChI is InChI=1S/C31H38N2O5S/c34-19-28-16-24-12-8-9-14-26(24)18-33(28)29(35)17-25-13-6-1-2-7-15-30(36)38-20-27(32-31(25)37)22-39-21-23-10-4-3-5-11-23/h1,3-6,8-12,14,25,27-28,34H,2,7,13,15-22H2,(H,32,37). The van der Waals surface area contributed by atoms with E-state index in [9.17, 15) is 19.5 Å². The minimum absolute atomic E-state index is 0.0541. The average Bonchev–Trinajstić information content (AvgIpc) is 2.97. The maximum Gasteiger partial charge on any atom is 0.305 e. The van der Waals surface area contributed by atoms with Gasteiger partial charge in [-0.2, -0.15) is 11.8 Å². The predicted octanol–water partition coefficient (Wildman–Crippen LogP) is 4.03. The lowest BCUT2D eigenvalue weighted by Crippen LogP contribution is -2.48. The van der Waals surface area contributed by atoms with Crippen molar-refractivity contribution in [3.63, 3.8) is 0 Å². The topological polar surface area (TPSA) is 95.9 Å². The second-order valence-corrected chi connectivity index (χ2v) is 11.3. The first-order valence-corrected chi connectivity index (χ1v) is 14.9. The van der Waals surface area contributed by atoms with Gasteiger partial charge in [-0.3, -0.25) is 14.4 Å². The highest BCUT2D eigenvalue weighted by atomic mass is 32.2. The van der Waals surface area contributed by atoms with E-state index in [1.54, 1.807) is 16.7 Å². The number of amides is 2. The number of hydrogen-bond donors (Lipinski definition) is 2. The van der Waals surface area contributed by atoms with Gasteiger partial charge >= 0.3 is 5.97 Å². The van der Waals surface area contributed by atoms with Crippen molar-refractivity contribution in [3.8, 4) is 0 Å². The van der Waals surface area contributed by atoms with Crippen molar-refractivity contribution in [2.24, 2.45) is 5.92 Å². The molecule has 8 heteroatoms. The molecule has 3 atom stereocenters. The number of carbonyl (C=O) groups excluding carboxylic acids is 3. The molecule has 2 amide bonds. The number of aliphatic hydroxyl groups excluding tert-OH is 1. The Bertz CT molecular complexity index is 1140. The number of hydrogen-bond acceptors (Lipinski definition) is 6. The fourth-order valence-electron chi connectivity index (χ4n) is 5.01. The predicted molar refractivity (Wildman–Crippen MR) is 153 cm³/mol. The zero-order chi connectivity index (χ0) is 27.5. The Morgan fingerprint density at radius 2 is 1.82 bits per heavy atom. The van der Waals surface area contributed by atoms with Gasteiger partial charge in [0.25, 0.3) is 0 Å². The van der Waals surface area contributed by atoms with Crippen molar-refractivity contribution in [1.29, 1.82) is 0 Å². The highest BCUT2D eigenvalue weighted by molar-refractivity contribution is 7.98. The van der Waals surface area contributed by atoms with Crippen LogP contribution in [0.5, 0.6) is 0 Å². The molecule has 0 radical (unpaired) electrons. The minimum Gasteiger partial charge on any atom is -0.463 e. The van der Waals surface area contributed by atoms with Crippen molar-refractivity contribution < 1.29 is 24.2 Å². The van der Waals surface area contributed by atoms with Gasteiger partial charge in [-0.1, -0.05) is 66.7 Å². The second-order valence-electron chi connectivity index (χ2n) is 10.2. The Morgan fingerprint density at radius 3 is 2.62 bits per heavy atom. The van der Waals surface area contributed by atoms with Crippen LogP contribution in [-0.2, 0) is 37.8 Å². The Kier molecular flexibility index (Phi) is 11.0. The average molecular weight is 551 g/mol. The number of carbonyl (C=O) groups is 3. The molecule has 0 spiro atoms. The van der Waals surface area contributed by atoms with Gasteiger partial charge in [0.15, 0.2) is 0 Å². The summed E-state index contributed by atoms with van der Waals surface area (Å²) in [6.45, 7) is 0.415. The molecule has 0 bridgehead atoms. The summed E-state index contributed by atoms with van der Waals surface area (Å²) in [4.78, 5) is 40.9. The second kappa shape index (κ2) is 14.9. The Balaban J connectivity index is 1.44. The van der Waals surface area contributed by atoms with E-state index in [-0.39, 0.29) is 49.5 Å². The fourth-order valence-corrected chi connectivity index (χ4v) is 6.02. The number of allylic oxidation sites excluding steroid dienone is 2. The van der Waals surface area contributed by atoms with E-state index in [0.717, 1.165) is 16.9 Å². The van der Waals surface area contributed by atoms with Gasteiger partial charge in [0.1, 0.15) is 6.61 Å². The largest absolute Gasteiger partial charge is 0.463 e. The van der Waals surface area contributed by atoms with Crippen molar-refractivity contribution in [2.45, 2.75) is 62.9 Å². The molecule has 2 N–H and O–H groups in total. The third-order valence-electron chi connectivity index (χ3n) is 7.24. The van der Waals surface area contributed by atoms with Crippen molar-refractivity contribution in [2.75, 3.05) is 19.0 Å². The van der Waals surface area contributed by atoms with Gasteiger partial charge in [0, 0.05) is 30.9 Å². The van der Waals surface area contributed by atoms with Crippen molar-refractivity contribution in [1.82, 2.24) is 10.2 Å². The molecule has 2 aromatic rings. The van der Waals surface area contributed by atoms with Crippen LogP contribution < -0.4 is 5.32 Å². The highest BCUT2D eigenvalue weighted by Crippen LogP contribution is 2.25. The van der Waals surface area contributed by atoms with Crippen LogP contribution in [0, 0.1) is 5.92 Å². The van der Waals surface area contributed by atoms with Crippen LogP contribution in [0.4, 0.5) is 0 Å². The molecule has 0 fully saturated rings. The molecular weight excluding hydrogens is 512 g/mol. The number of cyclic esters (lactones) is 1. The van der Waals surface area contributed by atoms with Crippen molar-refractivity contribution >= 4 is 29.5 Å². The normalized spacial score (nSPS) is 22.5. The number of nitrogens with zero attached hydrogens (tertiary/aromatic N) is 1. The third-order valence-corrected chi connectivity index (χ3v) is 8.42. The zero-order valence-electron chi connectivity index (χ0n) is 22.3. The van der Waals surface area contributed by atoms with E-state index in [4.69, 9.17) is 4.74 Å². The molecule has 0 saturated heterocycles. The number of thioether (sulfide) groups is 1. The van der Waals surface area contributed by atoms with Gasteiger partial charge in [0.2, 0.25) is 11.8 Å². The van der Waals surface area contributed by atoms with Gasteiger partial charge in [0.05, 0.1) is 24.6 Å². The summed E-state index contributed by atoms with van der Waals surface area (Å²) in [6.07, 6.45) is 6.72. The highest BCUT2D eigenvalue weighted by Gasteiger charge is 2.32. The number of esters is 1. The quantitative estimate of drug-likeness (QED) is 0.399. The summed E-state index contributed by atoms with van der Waals surface area (Å²) >= 11 is 1.67. The van der Waals surface area contributed by atoms with Crippen LogP contribution in [0.3, 0.4) is 0 Å². The first kappa shape index (κ1) is 28.9. The number of ether oxygens (including phenoxy) is 1. The molecule has 2 aliphatic rings. The van der Waals surface area contributed by atoms with Crippen LogP contribution in [0.15, 0.2) is 66.7 Å². The van der Waals surface area contributed by atoms with E-state index in [1.165, 1.54) is 5.56 Å². The molecule has 4 rings (SSSR count). The van der Waals surface area contributed by atoms with E-state index < -0.39 is 5.92 Å². The van der Waals surface area contributed by atoms with E-state index >= 15 is 0 Å². The van der Waals surface area contributed by atoms with Gasteiger partial charge in [-0.25, -0.2) is 0 Å². The summed E-state index contributed by atoms with van der Waals surface area (Å²) in [5.74, 6) is 0.199. The molecule has 39 heavy (non-hydrogen) atoms. The number of fused-ring (bicyclic) bond motifs is 1. The lowest BCUT2D eigenvalue weighted by Gasteiger charge is -2.36. The van der Waals surface area contributed by atoms with Crippen LogP contribution >= 0.6 is 11.8 Å². The summed E-state index contributed by atoms with van der Waals surface area (Å²) in [7, 11) is 0. The lowest BCUT2D eigenvalue weighted by molar-refractivity contribution is -0.145. The van der Waals surface area contributed by atoms with Crippen LogP contribution in [0.2, 0.25) is 0 Å². The lowest BCUT2D eigenvalue weighted by atomic mass is 9.92. The molecule has 0 aromatic heterocycles. The summed E-state index contributed by atoms with van der Waals surface area (Å²) < 4.78 is 5.50. The maximum absolute atomic E-state index is 13.5. The number of aliphatic hydroxyl groups is 1. The molecule has 0 saturated carbocycles. The van der Waals surface area contributed by atoms with E-state index in [2.05, 4.69) is 17.4 Å². The Hall–Kier alpha value is -3.10. The minimum atomic E-state index is -0.552. The zero-order valence-corrected chi connectivity index (χ0v) is 23.1. The summed E-state index contributed by atoms with van der Waals surface area (Å²) in [5, 5.41) is 13.1. The molecule has 208 valence electrons.